The van der Waals surface area contributed by atoms with E-state index in [0.717, 1.165) is 46.6 Å². The molecule has 1 aliphatic rings. The van der Waals surface area contributed by atoms with Crippen LogP contribution >= 0.6 is 0 Å². The van der Waals surface area contributed by atoms with Gasteiger partial charge in [-0.2, -0.15) is 10.3 Å². The molecular weight excluding hydrogens is 350 g/mol. The van der Waals surface area contributed by atoms with E-state index in [0.29, 0.717) is 5.82 Å². The van der Waals surface area contributed by atoms with Crippen LogP contribution in [0.1, 0.15) is 19.8 Å². The molecule has 0 atom stereocenters. The molecule has 142 valence electrons. The van der Waals surface area contributed by atoms with Gasteiger partial charge in [0.25, 0.3) is 0 Å². The van der Waals surface area contributed by atoms with Gasteiger partial charge in [-0.3, -0.25) is 4.68 Å². The number of aromatic nitrogens is 6. The molecule has 1 saturated heterocycles. The largest absolute Gasteiger partial charge is 0.371 e. The molecule has 5 rings (SSSR count). The van der Waals surface area contributed by atoms with Gasteiger partial charge in [-0.25, -0.2) is 0 Å². The number of anilines is 1. The van der Waals surface area contributed by atoms with Crippen molar-refractivity contribution in [1.82, 2.24) is 30.4 Å². The third kappa shape index (κ3) is 2.93. The predicted molar refractivity (Wildman–Crippen MR) is 110 cm³/mol. The second-order valence-corrected chi connectivity index (χ2v) is 7.68. The van der Waals surface area contributed by atoms with Crippen LogP contribution in [-0.2, 0) is 7.05 Å². The average molecular weight is 373 g/mol. The Morgan fingerprint density at radius 1 is 1.04 bits per heavy atom. The molecule has 2 aromatic heterocycles. The quantitative estimate of drug-likeness (QED) is 0.593. The summed E-state index contributed by atoms with van der Waals surface area (Å²) in [5.41, 5.74) is 5.55. The van der Waals surface area contributed by atoms with E-state index >= 15 is 0 Å². The maximum absolute atomic E-state index is 4.35. The summed E-state index contributed by atoms with van der Waals surface area (Å²) in [5, 5.41) is 20.3. The topological polar surface area (TPSA) is 75.5 Å². The molecule has 7 nitrogen and oxygen atoms in total. The molecule has 0 unspecified atom stereocenters. The van der Waals surface area contributed by atoms with Crippen LogP contribution in [0.15, 0.2) is 42.6 Å². The minimum absolute atomic E-state index is 0.619. The summed E-state index contributed by atoms with van der Waals surface area (Å²) < 4.78 is 1.89. The highest BCUT2D eigenvalue weighted by molar-refractivity contribution is 5.89. The molecule has 0 aliphatic carbocycles. The van der Waals surface area contributed by atoms with Gasteiger partial charge in [-0.1, -0.05) is 19.1 Å². The zero-order valence-corrected chi connectivity index (χ0v) is 16.1. The summed E-state index contributed by atoms with van der Waals surface area (Å²) in [6, 6.07) is 13.0. The summed E-state index contributed by atoms with van der Waals surface area (Å²) in [5.74, 6) is 1.42. The molecule has 0 amide bonds. The van der Waals surface area contributed by atoms with E-state index in [1.165, 1.54) is 18.5 Å². The minimum atomic E-state index is 0.619. The lowest BCUT2D eigenvalue weighted by Gasteiger charge is -2.32. The number of aromatic amines is 1. The van der Waals surface area contributed by atoms with E-state index in [-0.39, 0.29) is 0 Å². The van der Waals surface area contributed by atoms with Gasteiger partial charge in [0.15, 0.2) is 0 Å². The zero-order valence-electron chi connectivity index (χ0n) is 16.1. The number of H-pyrrole nitrogens is 1. The highest BCUT2D eigenvalue weighted by Gasteiger charge is 2.19. The molecule has 0 spiro atoms. The molecule has 1 fully saturated rings. The second-order valence-electron chi connectivity index (χ2n) is 7.68. The van der Waals surface area contributed by atoms with Crippen molar-refractivity contribution in [3.8, 4) is 22.5 Å². The van der Waals surface area contributed by atoms with Crippen LogP contribution in [0.5, 0.6) is 0 Å². The van der Waals surface area contributed by atoms with Crippen LogP contribution in [0.4, 0.5) is 5.69 Å². The summed E-state index contributed by atoms with van der Waals surface area (Å²) in [6.45, 7) is 4.52. The first-order chi connectivity index (χ1) is 13.7. The number of nitrogens with one attached hydrogen (secondary N) is 1. The summed E-state index contributed by atoms with van der Waals surface area (Å²) in [7, 11) is 1.96. The van der Waals surface area contributed by atoms with E-state index < -0.39 is 0 Å². The van der Waals surface area contributed by atoms with E-state index in [9.17, 15) is 0 Å². The van der Waals surface area contributed by atoms with E-state index in [1.807, 2.05) is 17.9 Å². The van der Waals surface area contributed by atoms with Gasteiger partial charge in [0.2, 0.25) is 5.82 Å². The lowest BCUT2D eigenvalue weighted by molar-refractivity contribution is 0.438. The van der Waals surface area contributed by atoms with Crippen molar-refractivity contribution in [1.29, 1.82) is 0 Å². The number of nitrogens with zero attached hydrogens (tertiary/aromatic N) is 6. The third-order valence-electron chi connectivity index (χ3n) is 5.80. The number of fused-ring (bicyclic) bond motifs is 1. The van der Waals surface area contributed by atoms with Crippen molar-refractivity contribution in [2.45, 2.75) is 19.8 Å². The number of aryl methyl sites for hydroxylation is 1. The number of tetrazole rings is 1. The van der Waals surface area contributed by atoms with E-state index in [1.54, 1.807) is 0 Å². The van der Waals surface area contributed by atoms with Gasteiger partial charge >= 0.3 is 0 Å². The van der Waals surface area contributed by atoms with Gasteiger partial charge in [-0.15, -0.1) is 10.2 Å². The molecule has 1 aliphatic heterocycles. The molecule has 2 aromatic carbocycles. The number of hydrogen-bond acceptors (Lipinski definition) is 5. The zero-order chi connectivity index (χ0) is 19.1. The van der Waals surface area contributed by atoms with Crippen molar-refractivity contribution in [3.63, 3.8) is 0 Å². The fourth-order valence-corrected chi connectivity index (χ4v) is 4.04. The van der Waals surface area contributed by atoms with Crippen LogP contribution in [0.2, 0.25) is 0 Å². The molecule has 3 heterocycles. The normalized spacial score (nSPS) is 15.4. The predicted octanol–water partition coefficient (Wildman–Crippen LogP) is 3.66. The molecule has 1 N–H and O–H groups in total. The standard InChI is InChI=1S/C21H23N7/c1-14-7-9-28(10-8-14)17-4-5-18(19(12-17)21-23-25-26-24-21)15-3-6-20-16(11-15)13-22-27(20)2/h3-6,11-14H,7-10H2,1-2H3,(H,23,24,25,26). The summed E-state index contributed by atoms with van der Waals surface area (Å²) in [4.78, 5) is 2.46. The number of hydrogen-bond donors (Lipinski definition) is 1. The molecule has 0 saturated carbocycles. The van der Waals surface area contributed by atoms with Crippen molar-refractivity contribution in [2.24, 2.45) is 13.0 Å². The van der Waals surface area contributed by atoms with Gasteiger partial charge < -0.3 is 4.90 Å². The average Bonchev–Trinajstić information content (AvgIpc) is 3.38. The van der Waals surface area contributed by atoms with Gasteiger partial charge in [0.05, 0.1) is 11.7 Å². The number of rotatable bonds is 3. The van der Waals surface area contributed by atoms with Gasteiger partial charge in [-0.05, 0) is 59.4 Å². The Morgan fingerprint density at radius 2 is 1.89 bits per heavy atom. The van der Waals surface area contributed by atoms with Crippen LogP contribution < -0.4 is 4.90 Å². The minimum Gasteiger partial charge on any atom is -0.371 e. The fourth-order valence-electron chi connectivity index (χ4n) is 4.04. The molecule has 0 radical (unpaired) electrons. The molecule has 7 heteroatoms. The van der Waals surface area contributed by atoms with Gasteiger partial charge in [0.1, 0.15) is 0 Å². The smallest absolute Gasteiger partial charge is 0.205 e. The van der Waals surface area contributed by atoms with Crippen LogP contribution in [-0.4, -0.2) is 43.5 Å². The monoisotopic (exact) mass is 373 g/mol. The number of piperidine rings is 1. The molecule has 4 aromatic rings. The summed E-state index contributed by atoms with van der Waals surface area (Å²) in [6.07, 6.45) is 4.37. The van der Waals surface area contributed by atoms with Crippen LogP contribution in [0, 0.1) is 5.92 Å². The SMILES string of the molecule is CC1CCN(c2ccc(-c3ccc4c(cnn4C)c3)c(-c3nn[nH]n3)c2)CC1. The lowest BCUT2D eigenvalue weighted by atomic mass is 9.95. The Hall–Kier alpha value is -3.22. The highest BCUT2D eigenvalue weighted by Crippen LogP contribution is 2.35. The second kappa shape index (κ2) is 6.74. The first-order valence-electron chi connectivity index (χ1n) is 9.74. The Kier molecular flexibility index (Phi) is 4.07. The van der Waals surface area contributed by atoms with Crippen LogP contribution in [0.3, 0.4) is 0 Å². The first-order valence-corrected chi connectivity index (χ1v) is 9.74. The van der Waals surface area contributed by atoms with Crippen molar-refractivity contribution in [2.75, 3.05) is 18.0 Å². The molecule has 28 heavy (non-hydrogen) atoms. The van der Waals surface area contributed by atoms with E-state index in [4.69, 9.17) is 0 Å². The number of benzene rings is 2. The van der Waals surface area contributed by atoms with Crippen molar-refractivity contribution >= 4 is 16.6 Å². The van der Waals surface area contributed by atoms with Crippen LogP contribution in [0.25, 0.3) is 33.4 Å². The first kappa shape index (κ1) is 16.9. The van der Waals surface area contributed by atoms with Crippen molar-refractivity contribution < 1.29 is 0 Å². The maximum atomic E-state index is 4.35. The van der Waals surface area contributed by atoms with E-state index in [2.05, 4.69) is 73.9 Å². The third-order valence-corrected chi connectivity index (χ3v) is 5.80. The Labute approximate surface area is 163 Å². The maximum Gasteiger partial charge on any atom is 0.205 e. The Balaban J connectivity index is 1.60. The fraction of sp³-hybridized carbons (Fsp3) is 0.333. The molecular formula is C21H23N7. The van der Waals surface area contributed by atoms with Gasteiger partial charge in [0, 0.05) is 36.8 Å². The highest BCUT2D eigenvalue weighted by atomic mass is 15.5. The lowest BCUT2D eigenvalue weighted by Crippen LogP contribution is -2.32. The Bertz CT molecular complexity index is 1110. The Morgan fingerprint density at radius 3 is 2.68 bits per heavy atom. The van der Waals surface area contributed by atoms with Crippen molar-refractivity contribution in [3.05, 3.63) is 42.6 Å². The summed E-state index contributed by atoms with van der Waals surface area (Å²) >= 11 is 0. The molecule has 0 bridgehead atoms.